The van der Waals surface area contributed by atoms with Crippen LogP contribution in [-0.2, 0) is 14.6 Å². The molecule has 0 unspecified atom stereocenters. The average molecular weight is 388 g/mol. The lowest BCUT2D eigenvalue weighted by Crippen LogP contribution is -2.49. The van der Waals surface area contributed by atoms with Crippen molar-refractivity contribution in [1.82, 2.24) is 4.90 Å². The van der Waals surface area contributed by atoms with Crippen LogP contribution in [0.25, 0.3) is 0 Å². The Bertz CT molecular complexity index is 859. The van der Waals surface area contributed by atoms with Gasteiger partial charge in [0.1, 0.15) is 5.75 Å². The van der Waals surface area contributed by atoms with Crippen molar-refractivity contribution < 1.29 is 17.9 Å². The number of ether oxygens (including phenoxy) is 1. The van der Waals surface area contributed by atoms with E-state index >= 15 is 0 Å². The summed E-state index contributed by atoms with van der Waals surface area (Å²) in [5.74, 6) is 0.547. The number of benzene rings is 2. The van der Waals surface area contributed by atoms with Gasteiger partial charge in [0.15, 0.2) is 9.84 Å². The van der Waals surface area contributed by atoms with Gasteiger partial charge < -0.3 is 14.5 Å². The van der Waals surface area contributed by atoms with Crippen LogP contribution in [0.4, 0.5) is 5.69 Å². The monoisotopic (exact) mass is 388 g/mol. The first-order valence-corrected chi connectivity index (χ1v) is 10.6. The van der Waals surface area contributed by atoms with Gasteiger partial charge in [0.2, 0.25) is 5.91 Å². The molecule has 0 radical (unpaired) electrons. The summed E-state index contributed by atoms with van der Waals surface area (Å²) < 4.78 is 29.8. The second-order valence-electron chi connectivity index (χ2n) is 6.45. The maximum absolute atomic E-state index is 12.4. The fourth-order valence-electron chi connectivity index (χ4n) is 3.13. The number of rotatable bonds is 6. The third-order valence-corrected chi connectivity index (χ3v) is 6.49. The zero-order chi connectivity index (χ0) is 19.3. The zero-order valence-corrected chi connectivity index (χ0v) is 16.2. The molecule has 0 atom stereocenters. The van der Waals surface area contributed by atoms with Crippen molar-refractivity contribution in [3.8, 4) is 5.75 Å². The summed E-state index contributed by atoms with van der Waals surface area (Å²) in [4.78, 5) is 16.7. The van der Waals surface area contributed by atoms with Gasteiger partial charge in [-0.05, 0) is 36.4 Å². The van der Waals surface area contributed by atoms with Gasteiger partial charge in [0.05, 0.1) is 17.8 Å². The van der Waals surface area contributed by atoms with Gasteiger partial charge >= 0.3 is 0 Å². The Balaban J connectivity index is 1.51. The third-order valence-electron chi connectivity index (χ3n) is 4.76. The van der Waals surface area contributed by atoms with Crippen LogP contribution in [-0.4, -0.2) is 58.3 Å². The second kappa shape index (κ2) is 8.43. The molecule has 0 N–H and O–H groups in total. The Morgan fingerprint density at radius 1 is 0.963 bits per heavy atom. The van der Waals surface area contributed by atoms with Gasteiger partial charge in [-0.1, -0.05) is 18.2 Å². The molecule has 0 bridgehead atoms. The van der Waals surface area contributed by atoms with E-state index < -0.39 is 9.84 Å². The lowest BCUT2D eigenvalue weighted by atomic mass is 10.2. The maximum atomic E-state index is 12.4. The van der Waals surface area contributed by atoms with Crippen LogP contribution < -0.4 is 9.64 Å². The van der Waals surface area contributed by atoms with Crippen molar-refractivity contribution in [3.63, 3.8) is 0 Å². The van der Waals surface area contributed by atoms with E-state index in [1.54, 1.807) is 42.3 Å². The molecule has 1 saturated heterocycles. The molecular weight excluding hydrogens is 364 g/mol. The maximum Gasteiger partial charge on any atom is 0.223 e. The molecule has 0 aliphatic carbocycles. The normalized spacial score (nSPS) is 14.9. The number of hydrogen-bond acceptors (Lipinski definition) is 5. The van der Waals surface area contributed by atoms with Crippen molar-refractivity contribution >= 4 is 21.4 Å². The molecule has 2 aromatic carbocycles. The zero-order valence-electron chi connectivity index (χ0n) is 15.4. The lowest BCUT2D eigenvalue weighted by Gasteiger charge is -2.36. The van der Waals surface area contributed by atoms with Gasteiger partial charge in [-0.15, -0.1) is 0 Å². The van der Waals surface area contributed by atoms with E-state index in [0.717, 1.165) is 24.5 Å². The Kier molecular flexibility index (Phi) is 6.01. The molecule has 1 aliphatic heterocycles. The van der Waals surface area contributed by atoms with E-state index in [2.05, 4.69) is 4.90 Å². The average Bonchev–Trinajstić information content (AvgIpc) is 2.73. The fourth-order valence-corrected chi connectivity index (χ4v) is 4.38. The predicted octanol–water partition coefficient (Wildman–Crippen LogP) is 2.21. The summed E-state index contributed by atoms with van der Waals surface area (Å²) in [6.07, 6.45) is 0.0137. The topological polar surface area (TPSA) is 66.9 Å². The molecule has 0 spiro atoms. The standard InChI is InChI=1S/C20H24N2O4S/c1-26-18-9-7-17(8-10-18)21-12-14-22(15-13-21)20(23)11-16-27(24,25)19-5-3-2-4-6-19/h2-10H,11-16H2,1H3. The minimum absolute atomic E-state index is 0.0137. The Morgan fingerprint density at radius 3 is 2.19 bits per heavy atom. The minimum atomic E-state index is -3.42. The largest absolute Gasteiger partial charge is 0.497 e. The Labute approximate surface area is 160 Å². The van der Waals surface area contributed by atoms with E-state index in [4.69, 9.17) is 4.74 Å². The second-order valence-corrected chi connectivity index (χ2v) is 8.56. The highest BCUT2D eigenvalue weighted by atomic mass is 32.2. The van der Waals surface area contributed by atoms with Crippen molar-refractivity contribution in [1.29, 1.82) is 0 Å². The molecule has 2 aromatic rings. The van der Waals surface area contributed by atoms with Gasteiger partial charge in [-0.3, -0.25) is 4.79 Å². The first kappa shape index (κ1) is 19.2. The molecule has 7 heteroatoms. The van der Waals surface area contributed by atoms with Gasteiger partial charge in [0.25, 0.3) is 0 Å². The first-order valence-electron chi connectivity index (χ1n) is 8.94. The summed E-state index contributed by atoms with van der Waals surface area (Å²) in [5, 5.41) is 0. The van der Waals surface area contributed by atoms with Crippen LogP contribution in [0.1, 0.15) is 6.42 Å². The van der Waals surface area contributed by atoms with Crippen LogP contribution in [0.2, 0.25) is 0 Å². The van der Waals surface area contributed by atoms with E-state index in [1.165, 1.54) is 0 Å². The molecular formula is C20H24N2O4S. The number of anilines is 1. The van der Waals surface area contributed by atoms with Crippen molar-refractivity contribution in [2.75, 3.05) is 43.9 Å². The molecule has 1 heterocycles. The highest BCUT2D eigenvalue weighted by Gasteiger charge is 2.23. The molecule has 1 amide bonds. The van der Waals surface area contributed by atoms with Crippen LogP contribution >= 0.6 is 0 Å². The number of amides is 1. The number of carbonyl (C=O) groups excluding carboxylic acids is 1. The number of piperazine rings is 1. The quantitative estimate of drug-likeness (QED) is 0.759. The Hall–Kier alpha value is -2.54. The third kappa shape index (κ3) is 4.80. The first-order chi connectivity index (χ1) is 13.0. The molecule has 3 rings (SSSR count). The number of carbonyl (C=O) groups is 1. The summed E-state index contributed by atoms with van der Waals surface area (Å²) >= 11 is 0. The SMILES string of the molecule is COc1ccc(N2CCN(C(=O)CCS(=O)(=O)c3ccccc3)CC2)cc1. The van der Waals surface area contributed by atoms with Crippen LogP contribution in [0.3, 0.4) is 0 Å². The van der Waals surface area contributed by atoms with Gasteiger partial charge in [0, 0.05) is 38.3 Å². The highest BCUT2D eigenvalue weighted by molar-refractivity contribution is 7.91. The van der Waals surface area contributed by atoms with Crippen molar-refractivity contribution in [2.45, 2.75) is 11.3 Å². The van der Waals surface area contributed by atoms with Gasteiger partial charge in [-0.2, -0.15) is 0 Å². The molecule has 27 heavy (non-hydrogen) atoms. The minimum Gasteiger partial charge on any atom is -0.497 e. The van der Waals surface area contributed by atoms with Crippen molar-refractivity contribution in [3.05, 3.63) is 54.6 Å². The number of nitrogens with zero attached hydrogens (tertiary/aromatic N) is 2. The van der Waals surface area contributed by atoms with Crippen LogP contribution in [0.5, 0.6) is 5.75 Å². The van der Waals surface area contributed by atoms with Crippen LogP contribution in [0.15, 0.2) is 59.5 Å². The molecule has 144 valence electrons. The number of sulfone groups is 1. The van der Waals surface area contributed by atoms with E-state index in [-0.39, 0.29) is 23.0 Å². The smallest absolute Gasteiger partial charge is 0.223 e. The number of hydrogen-bond donors (Lipinski definition) is 0. The van der Waals surface area contributed by atoms with Crippen LogP contribution in [0, 0.1) is 0 Å². The summed E-state index contributed by atoms with van der Waals surface area (Å²) in [7, 11) is -1.79. The Morgan fingerprint density at radius 2 is 1.59 bits per heavy atom. The summed E-state index contributed by atoms with van der Waals surface area (Å²) in [5.41, 5.74) is 1.09. The fraction of sp³-hybridized carbons (Fsp3) is 0.350. The lowest BCUT2D eigenvalue weighted by molar-refractivity contribution is -0.131. The van der Waals surface area contributed by atoms with Gasteiger partial charge in [-0.25, -0.2) is 8.42 Å². The summed E-state index contributed by atoms with van der Waals surface area (Å²) in [6, 6.07) is 16.1. The highest BCUT2D eigenvalue weighted by Crippen LogP contribution is 2.21. The molecule has 0 aromatic heterocycles. The predicted molar refractivity (Wildman–Crippen MR) is 105 cm³/mol. The summed E-state index contributed by atoms with van der Waals surface area (Å²) in [6.45, 7) is 2.64. The molecule has 0 saturated carbocycles. The van der Waals surface area contributed by atoms with E-state index in [9.17, 15) is 13.2 Å². The van der Waals surface area contributed by atoms with Crippen molar-refractivity contribution in [2.24, 2.45) is 0 Å². The molecule has 1 fully saturated rings. The molecule has 6 nitrogen and oxygen atoms in total. The number of methoxy groups -OCH3 is 1. The molecule has 1 aliphatic rings. The van der Waals surface area contributed by atoms with E-state index in [1.807, 2.05) is 24.3 Å². The van der Waals surface area contributed by atoms with E-state index in [0.29, 0.717) is 13.1 Å².